The number of hydrogen-bond donors (Lipinski definition) is 1. The summed E-state index contributed by atoms with van der Waals surface area (Å²) < 4.78 is 11.6. The summed E-state index contributed by atoms with van der Waals surface area (Å²) in [5.74, 6) is 0. The third-order valence-electron chi connectivity index (χ3n) is 3.22. The summed E-state index contributed by atoms with van der Waals surface area (Å²) in [4.78, 5) is 0. The van der Waals surface area contributed by atoms with Crippen LogP contribution in [0.2, 0.25) is 0 Å². The third kappa shape index (κ3) is 1.95. The van der Waals surface area contributed by atoms with E-state index in [0.29, 0.717) is 0 Å². The number of hydrogen-bond acceptors (Lipinski definition) is 3. The average Bonchev–Trinajstić information content (AvgIpc) is 2.64. The zero-order valence-corrected chi connectivity index (χ0v) is 9.43. The van der Waals surface area contributed by atoms with Crippen LogP contribution in [-0.4, -0.2) is 31.6 Å². The molecule has 2 unspecified atom stereocenters. The van der Waals surface area contributed by atoms with Gasteiger partial charge in [-0.05, 0) is 19.8 Å². The molecule has 2 heterocycles. The number of nitrogens with one attached hydrogen (secondary N) is 1. The fourth-order valence-corrected chi connectivity index (χ4v) is 2.08. The Labute approximate surface area is 86.2 Å². The molecule has 14 heavy (non-hydrogen) atoms. The minimum atomic E-state index is -0.258. The first kappa shape index (κ1) is 10.4. The van der Waals surface area contributed by atoms with Gasteiger partial charge in [-0.3, -0.25) is 5.32 Å². The molecule has 0 aromatic heterocycles. The van der Waals surface area contributed by atoms with Crippen molar-refractivity contribution in [2.24, 2.45) is 5.41 Å². The maximum atomic E-state index is 5.93. The maximum Gasteiger partial charge on any atom is 0.142 e. The monoisotopic (exact) mass is 199 g/mol. The van der Waals surface area contributed by atoms with E-state index in [1.54, 1.807) is 0 Å². The van der Waals surface area contributed by atoms with Gasteiger partial charge in [0, 0.05) is 18.6 Å². The van der Waals surface area contributed by atoms with Gasteiger partial charge in [0.25, 0.3) is 0 Å². The second-order valence-corrected chi connectivity index (χ2v) is 5.42. The van der Waals surface area contributed by atoms with Crippen LogP contribution in [0.5, 0.6) is 0 Å². The predicted molar refractivity (Wildman–Crippen MR) is 55.1 cm³/mol. The molecule has 0 saturated carbocycles. The molecule has 2 atom stereocenters. The molecule has 2 rings (SSSR count). The SMILES string of the molecule is CC1(C)CNC(C)(C2CCCO2)OC1. The van der Waals surface area contributed by atoms with E-state index in [1.807, 2.05) is 0 Å². The van der Waals surface area contributed by atoms with Crippen LogP contribution in [0.15, 0.2) is 0 Å². The van der Waals surface area contributed by atoms with Crippen LogP contribution < -0.4 is 5.32 Å². The smallest absolute Gasteiger partial charge is 0.142 e. The molecule has 0 bridgehead atoms. The minimum Gasteiger partial charge on any atom is -0.374 e. The van der Waals surface area contributed by atoms with Gasteiger partial charge in [-0.2, -0.15) is 0 Å². The molecule has 2 fully saturated rings. The summed E-state index contributed by atoms with van der Waals surface area (Å²) in [6, 6.07) is 0. The molecule has 2 saturated heterocycles. The van der Waals surface area contributed by atoms with E-state index >= 15 is 0 Å². The van der Waals surface area contributed by atoms with E-state index in [9.17, 15) is 0 Å². The summed E-state index contributed by atoms with van der Waals surface area (Å²) in [6.45, 7) is 9.25. The van der Waals surface area contributed by atoms with Crippen molar-refractivity contribution in [2.45, 2.75) is 45.4 Å². The topological polar surface area (TPSA) is 30.5 Å². The summed E-state index contributed by atoms with van der Waals surface area (Å²) in [5.41, 5.74) is -0.00979. The van der Waals surface area contributed by atoms with Crippen molar-refractivity contribution in [2.75, 3.05) is 19.8 Å². The van der Waals surface area contributed by atoms with Gasteiger partial charge < -0.3 is 9.47 Å². The number of ether oxygens (including phenoxy) is 2. The molecule has 3 heteroatoms. The van der Waals surface area contributed by atoms with Gasteiger partial charge in [0.15, 0.2) is 0 Å². The van der Waals surface area contributed by atoms with E-state index in [2.05, 4.69) is 26.1 Å². The fraction of sp³-hybridized carbons (Fsp3) is 1.00. The summed E-state index contributed by atoms with van der Waals surface area (Å²) in [6.07, 6.45) is 2.51. The quantitative estimate of drug-likeness (QED) is 0.694. The highest BCUT2D eigenvalue weighted by Crippen LogP contribution is 2.31. The highest BCUT2D eigenvalue weighted by molar-refractivity contribution is 4.91. The summed E-state index contributed by atoms with van der Waals surface area (Å²) in [7, 11) is 0. The van der Waals surface area contributed by atoms with Crippen LogP contribution in [0.1, 0.15) is 33.6 Å². The van der Waals surface area contributed by atoms with Crippen molar-refractivity contribution in [3.8, 4) is 0 Å². The molecule has 0 amide bonds. The first-order chi connectivity index (χ1) is 6.52. The van der Waals surface area contributed by atoms with Crippen LogP contribution in [0.4, 0.5) is 0 Å². The van der Waals surface area contributed by atoms with Crippen molar-refractivity contribution in [1.82, 2.24) is 5.32 Å². The van der Waals surface area contributed by atoms with E-state index in [0.717, 1.165) is 32.6 Å². The van der Waals surface area contributed by atoms with Gasteiger partial charge in [0.2, 0.25) is 0 Å². The van der Waals surface area contributed by atoms with E-state index in [4.69, 9.17) is 9.47 Å². The van der Waals surface area contributed by atoms with Gasteiger partial charge >= 0.3 is 0 Å². The molecular formula is C11H21NO2. The molecule has 2 aliphatic heterocycles. The number of rotatable bonds is 1. The normalized spacial score (nSPS) is 42.6. The second kappa shape index (κ2) is 3.47. The Bertz CT molecular complexity index is 199. The lowest BCUT2D eigenvalue weighted by molar-refractivity contribution is -0.182. The van der Waals surface area contributed by atoms with Gasteiger partial charge in [0.05, 0.1) is 12.7 Å². The predicted octanol–water partition coefficient (Wildman–Crippen LogP) is 1.53. The zero-order chi connectivity index (χ0) is 10.2. The molecule has 0 radical (unpaired) electrons. The average molecular weight is 199 g/mol. The van der Waals surface area contributed by atoms with Crippen molar-refractivity contribution in [1.29, 1.82) is 0 Å². The molecule has 2 aliphatic rings. The van der Waals surface area contributed by atoms with Gasteiger partial charge in [0.1, 0.15) is 5.72 Å². The highest BCUT2D eigenvalue weighted by Gasteiger charge is 2.43. The molecule has 82 valence electrons. The fourth-order valence-electron chi connectivity index (χ4n) is 2.08. The second-order valence-electron chi connectivity index (χ2n) is 5.42. The summed E-state index contributed by atoms with van der Waals surface area (Å²) >= 11 is 0. The molecule has 0 aromatic carbocycles. The van der Waals surface area contributed by atoms with Gasteiger partial charge in [-0.1, -0.05) is 13.8 Å². The van der Waals surface area contributed by atoms with Crippen molar-refractivity contribution in [3.05, 3.63) is 0 Å². The lowest BCUT2D eigenvalue weighted by Crippen LogP contribution is -2.61. The third-order valence-corrected chi connectivity index (χ3v) is 3.22. The molecule has 0 aromatic rings. The van der Waals surface area contributed by atoms with Gasteiger partial charge in [-0.25, -0.2) is 0 Å². The largest absolute Gasteiger partial charge is 0.374 e. The Hall–Kier alpha value is -0.120. The van der Waals surface area contributed by atoms with Crippen LogP contribution in [0, 0.1) is 5.41 Å². The van der Waals surface area contributed by atoms with Crippen molar-refractivity contribution in [3.63, 3.8) is 0 Å². The molecule has 0 spiro atoms. The highest BCUT2D eigenvalue weighted by atomic mass is 16.6. The lowest BCUT2D eigenvalue weighted by Gasteiger charge is -2.45. The van der Waals surface area contributed by atoms with E-state index in [-0.39, 0.29) is 17.2 Å². The molecule has 3 nitrogen and oxygen atoms in total. The summed E-state index contributed by atoms with van der Waals surface area (Å²) in [5, 5.41) is 3.48. The first-order valence-electron chi connectivity index (χ1n) is 5.52. The van der Waals surface area contributed by atoms with E-state index < -0.39 is 0 Å². The van der Waals surface area contributed by atoms with Crippen molar-refractivity contribution < 1.29 is 9.47 Å². The van der Waals surface area contributed by atoms with Crippen LogP contribution in [0.25, 0.3) is 0 Å². The zero-order valence-electron chi connectivity index (χ0n) is 9.43. The Morgan fingerprint density at radius 3 is 2.57 bits per heavy atom. The molecular weight excluding hydrogens is 178 g/mol. The Morgan fingerprint density at radius 2 is 2.07 bits per heavy atom. The van der Waals surface area contributed by atoms with Crippen LogP contribution in [0.3, 0.4) is 0 Å². The molecule has 1 N–H and O–H groups in total. The first-order valence-corrected chi connectivity index (χ1v) is 5.52. The standard InChI is InChI=1S/C11H21NO2/c1-10(2)7-12-11(3,14-8-10)9-5-4-6-13-9/h9,12H,4-8H2,1-3H3. The van der Waals surface area contributed by atoms with Crippen molar-refractivity contribution >= 4 is 0 Å². The van der Waals surface area contributed by atoms with Gasteiger partial charge in [-0.15, -0.1) is 0 Å². The lowest BCUT2D eigenvalue weighted by atomic mass is 9.90. The Kier molecular flexibility index (Phi) is 2.58. The van der Waals surface area contributed by atoms with Crippen LogP contribution in [-0.2, 0) is 9.47 Å². The minimum absolute atomic E-state index is 0.235. The van der Waals surface area contributed by atoms with Crippen LogP contribution >= 0.6 is 0 Å². The Balaban J connectivity index is 1.97. The Morgan fingerprint density at radius 1 is 1.29 bits per heavy atom. The maximum absolute atomic E-state index is 5.93. The van der Waals surface area contributed by atoms with E-state index in [1.165, 1.54) is 0 Å². The molecule has 0 aliphatic carbocycles.